The molecule has 0 aromatic carbocycles. The molecule has 0 bridgehead atoms. The molecule has 0 aliphatic heterocycles. The first-order chi connectivity index (χ1) is 14.2. The Kier molecular flexibility index (Phi) is 5.24. The van der Waals surface area contributed by atoms with Crippen LogP contribution in [0.3, 0.4) is 0 Å². The third-order valence-electron chi connectivity index (χ3n) is 4.39. The van der Waals surface area contributed by atoms with Gasteiger partial charge >= 0.3 is 0 Å². The molecule has 4 aromatic rings. The Morgan fingerprint density at radius 1 is 1.00 bits per heavy atom. The van der Waals surface area contributed by atoms with Crippen LogP contribution in [-0.4, -0.2) is 34.3 Å². The molecule has 4 aromatic heterocycles. The summed E-state index contributed by atoms with van der Waals surface area (Å²) in [6.07, 6.45) is 5.84. The minimum atomic E-state index is 0.226. The van der Waals surface area contributed by atoms with Crippen molar-refractivity contribution in [3.63, 3.8) is 0 Å². The van der Waals surface area contributed by atoms with E-state index < -0.39 is 0 Å². The summed E-state index contributed by atoms with van der Waals surface area (Å²) < 4.78 is 21.6. The van der Waals surface area contributed by atoms with Gasteiger partial charge in [-0.1, -0.05) is 5.16 Å². The number of aryl methyl sites for hydroxylation is 1. The number of hydrogen-bond donors (Lipinski definition) is 0. The topological polar surface area (TPSA) is 92.4 Å². The molecule has 0 saturated heterocycles. The monoisotopic (exact) mass is 392 g/mol. The Labute approximate surface area is 167 Å². The largest absolute Gasteiger partial charge is 0.495 e. The second-order valence-corrected chi connectivity index (χ2v) is 6.46. The SMILES string of the molecule is COc1cnc2c(Cc3cnc(OCc4cc(C)no4)c(OC)c3)ccnc2c1. The van der Waals surface area contributed by atoms with Crippen LogP contribution < -0.4 is 14.2 Å². The second kappa shape index (κ2) is 8.14. The fourth-order valence-corrected chi connectivity index (χ4v) is 2.99. The van der Waals surface area contributed by atoms with Gasteiger partial charge in [-0.05, 0) is 30.2 Å². The molecule has 0 atom stereocenters. The summed E-state index contributed by atoms with van der Waals surface area (Å²) in [6, 6.07) is 7.54. The fourth-order valence-electron chi connectivity index (χ4n) is 2.99. The summed E-state index contributed by atoms with van der Waals surface area (Å²) >= 11 is 0. The van der Waals surface area contributed by atoms with Crippen LogP contribution in [0.1, 0.15) is 22.6 Å². The van der Waals surface area contributed by atoms with Gasteiger partial charge in [-0.2, -0.15) is 0 Å². The number of hydrogen-bond acceptors (Lipinski definition) is 8. The van der Waals surface area contributed by atoms with E-state index >= 15 is 0 Å². The lowest BCUT2D eigenvalue weighted by Crippen LogP contribution is -2.01. The van der Waals surface area contributed by atoms with E-state index in [1.54, 1.807) is 32.8 Å². The highest BCUT2D eigenvalue weighted by molar-refractivity contribution is 5.79. The van der Waals surface area contributed by atoms with Crippen LogP contribution in [0.2, 0.25) is 0 Å². The number of ether oxygens (including phenoxy) is 3. The van der Waals surface area contributed by atoms with Crippen molar-refractivity contribution in [1.29, 1.82) is 0 Å². The molecular formula is C21H20N4O4. The van der Waals surface area contributed by atoms with Crippen molar-refractivity contribution in [3.8, 4) is 17.4 Å². The molecule has 0 aliphatic rings. The molecule has 8 heteroatoms. The van der Waals surface area contributed by atoms with Crippen molar-refractivity contribution in [2.24, 2.45) is 0 Å². The molecule has 148 valence electrons. The minimum Gasteiger partial charge on any atom is -0.495 e. The molecule has 0 spiro atoms. The highest BCUT2D eigenvalue weighted by Gasteiger charge is 2.12. The summed E-state index contributed by atoms with van der Waals surface area (Å²) in [7, 11) is 3.19. The third-order valence-corrected chi connectivity index (χ3v) is 4.39. The molecule has 4 rings (SSSR count). The van der Waals surface area contributed by atoms with Crippen LogP contribution in [0.4, 0.5) is 0 Å². The molecule has 0 aliphatic carbocycles. The first-order valence-electron chi connectivity index (χ1n) is 9.02. The molecule has 4 heterocycles. The summed E-state index contributed by atoms with van der Waals surface area (Å²) in [5, 5.41) is 3.84. The number of pyridine rings is 3. The van der Waals surface area contributed by atoms with Crippen LogP contribution in [0.25, 0.3) is 11.0 Å². The highest BCUT2D eigenvalue weighted by atomic mass is 16.5. The van der Waals surface area contributed by atoms with E-state index in [0.29, 0.717) is 29.6 Å². The zero-order valence-corrected chi connectivity index (χ0v) is 16.4. The highest BCUT2D eigenvalue weighted by Crippen LogP contribution is 2.28. The summed E-state index contributed by atoms with van der Waals surface area (Å²) in [5.41, 5.74) is 4.41. The van der Waals surface area contributed by atoms with Crippen molar-refractivity contribution in [2.45, 2.75) is 20.0 Å². The van der Waals surface area contributed by atoms with E-state index in [0.717, 1.165) is 27.9 Å². The molecule has 8 nitrogen and oxygen atoms in total. The van der Waals surface area contributed by atoms with Gasteiger partial charge in [0.2, 0.25) is 0 Å². The first-order valence-corrected chi connectivity index (χ1v) is 9.02. The van der Waals surface area contributed by atoms with Gasteiger partial charge < -0.3 is 18.7 Å². The molecule has 29 heavy (non-hydrogen) atoms. The van der Waals surface area contributed by atoms with Gasteiger partial charge in [0.1, 0.15) is 5.75 Å². The quantitative estimate of drug-likeness (QED) is 0.472. The van der Waals surface area contributed by atoms with Crippen LogP contribution in [0, 0.1) is 6.92 Å². The maximum absolute atomic E-state index is 5.72. The molecular weight excluding hydrogens is 372 g/mol. The van der Waals surface area contributed by atoms with E-state index in [1.807, 2.05) is 31.2 Å². The minimum absolute atomic E-state index is 0.226. The van der Waals surface area contributed by atoms with Gasteiger partial charge in [-0.15, -0.1) is 0 Å². The summed E-state index contributed by atoms with van der Waals surface area (Å²) in [5.74, 6) is 2.24. The standard InChI is InChI=1S/C21H20N4O4/c1-13-6-17(29-25-13)12-28-21-19(27-3)8-14(10-24-21)7-15-4-5-22-18-9-16(26-2)11-23-20(15)18/h4-6,8-11H,7,12H2,1-3H3. The average molecular weight is 392 g/mol. The van der Waals surface area contributed by atoms with Crippen LogP contribution in [0.15, 0.2) is 47.4 Å². The molecule has 0 saturated carbocycles. The van der Waals surface area contributed by atoms with Crippen LogP contribution in [0.5, 0.6) is 17.4 Å². The molecule has 0 N–H and O–H groups in total. The number of fused-ring (bicyclic) bond motifs is 1. The summed E-state index contributed by atoms with van der Waals surface area (Å²) in [6.45, 7) is 2.08. The van der Waals surface area contributed by atoms with Crippen LogP contribution in [-0.2, 0) is 13.0 Å². The maximum atomic E-state index is 5.72. The predicted molar refractivity (Wildman–Crippen MR) is 105 cm³/mol. The number of methoxy groups -OCH3 is 2. The van der Waals surface area contributed by atoms with Crippen molar-refractivity contribution < 1.29 is 18.7 Å². The molecule has 0 fully saturated rings. The fraction of sp³-hybridized carbons (Fsp3) is 0.238. The van der Waals surface area contributed by atoms with Crippen LogP contribution >= 0.6 is 0 Å². The van der Waals surface area contributed by atoms with Gasteiger partial charge in [0, 0.05) is 30.9 Å². The van der Waals surface area contributed by atoms with E-state index in [2.05, 4.69) is 20.1 Å². The number of aromatic nitrogens is 4. The number of nitrogens with zero attached hydrogens (tertiary/aromatic N) is 4. The van der Waals surface area contributed by atoms with E-state index in [-0.39, 0.29) is 6.61 Å². The molecule has 0 unspecified atom stereocenters. The second-order valence-electron chi connectivity index (χ2n) is 6.46. The van der Waals surface area contributed by atoms with E-state index in [1.165, 1.54) is 0 Å². The normalized spacial score (nSPS) is 10.9. The zero-order valence-electron chi connectivity index (χ0n) is 16.4. The third kappa shape index (κ3) is 4.11. The zero-order chi connectivity index (χ0) is 20.2. The van der Waals surface area contributed by atoms with Crippen molar-refractivity contribution in [3.05, 3.63) is 65.4 Å². The molecule has 0 amide bonds. The Morgan fingerprint density at radius 3 is 2.66 bits per heavy atom. The lowest BCUT2D eigenvalue weighted by molar-refractivity contribution is 0.230. The lowest BCUT2D eigenvalue weighted by atomic mass is 10.1. The Morgan fingerprint density at radius 2 is 1.90 bits per heavy atom. The first kappa shape index (κ1) is 18.7. The van der Waals surface area contributed by atoms with Gasteiger partial charge in [0.15, 0.2) is 18.1 Å². The van der Waals surface area contributed by atoms with Gasteiger partial charge in [0.05, 0.1) is 37.1 Å². The van der Waals surface area contributed by atoms with E-state index in [9.17, 15) is 0 Å². The molecule has 0 radical (unpaired) electrons. The number of rotatable bonds is 7. The van der Waals surface area contributed by atoms with Gasteiger partial charge in [-0.25, -0.2) is 4.98 Å². The summed E-state index contributed by atoms with van der Waals surface area (Å²) in [4.78, 5) is 13.3. The van der Waals surface area contributed by atoms with E-state index in [4.69, 9.17) is 18.7 Å². The predicted octanol–water partition coefficient (Wildman–Crippen LogP) is 3.51. The smallest absolute Gasteiger partial charge is 0.257 e. The maximum Gasteiger partial charge on any atom is 0.257 e. The van der Waals surface area contributed by atoms with Crippen molar-refractivity contribution in [2.75, 3.05) is 14.2 Å². The Bertz CT molecular complexity index is 1140. The Hall–Kier alpha value is -3.68. The van der Waals surface area contributed by atoms with Crippen molar-refractivity contribution >= 4 is 11.0 Å². The average Bonchev–Trinajstić information content (AvgIpc) is 3.17. The lowest BCUT2D eigenvalue weighted by Gasteiger charge is -2.11. The Balaban J connectivity index is 1.55. The van der Waals surface area contributed by atoms with Crippen molar-refractivity contribution in [1.82, 2.24) is 20.1 Å². The van der Waals surface area contributed by atoms with Gasteiger partial charge in [0.25, 0.3) is 5.88 Å². The van der Waals surface area contributed by atoms with Gasteiger partial charge in [-0.3, -0.25) is 9.97 Å².